The fourth-order valence-corrected chi connectivity index (χ4v) is 5.91. The summed E-state index contributed by atoms with van der Waals surface area (Å²) in [7, 11) is -4.65. The summed E-state index contributed by atoms with van der Waals surface area (Å²) in [6, 6.07) is 0. The molecule has 4 N–H and O–H groups in total. The molecule has 0 aromatic heterocycles. The molecule has 0 saturated carbocycles. The van der Waals surface area contributed by atoms with Gasteiger partial charge in [0.1, 0.15) is 12.7 Å². The molecule has 0 bridgehead atoms. The summed E-state index contributed by atoms with van der Waals surface area (Å²) in [5.74, 6) is -1.04. The highest BCUT2D eigenvalue weighted by Crippen LogP contribution is 2.43. The minimum absolute atomic E-state index is 0.139. The van der Waals surface area contributed by atoms with E-state index < -0.39 is 51.8 Å². The SMILES string of the molecule is CCCCC/C=C\C/C=C\CCCCCCCC(=O)O[C@H](COC(=O)CCC/C=C\C/C=C\C/C=C\C=C\[C@H](O)CCCCC)COP(=O)(O)OC[C@@H](O)CO. The molecule has 0 aromatic rings. The monoisotopic (exact) mass is 811 g/mol. The molecular weight excluding hydrogens is 735 g/mol. The summed E-state index contributed by atoms with van der Waals surface area (Å²) in [5.41, 5.74) is 0. The lowest BCUT2D eigenvalue weighted by molar-refractivity contribution is -0.161. The van der Waals surface area contributed by atoms with Crippen molar-refractivity contribution in [1.82, 2.24) is 0 Å². The fourth-order valence-electron chi connectivity index (χ4n) is 5.12. The zero-order valence-electron chi connectivity index (χ0n) is 34.4. The molecule has 0 heterocycles. The molecule has 0 aliphatic heterocycles. The number of carbonyl (C=O) groups is 2. The van der Waals surface area contributed by atoms with Crippen LogP contribution in [-0.4, -0.2) is 76.9 Å². The minimum Gasteiger partial charge on any atom is -0.462 e. The lowest BCUT2D eigenvalue weighted by Gasteiger charge is -2.20. The Morgan fingerprint density at radius 3 is 1.80 bits per heavy atom. The Labute approximate surface area is 338 Å². The van der Waals surface area contributed by atoms with Gasteiger partial charge in [-0.1, -0.05) is 138 Å². The van der Waals surface area contributed by atoms with Crippen LogP contribution in [0.1, 0.15) is 149 Å². The number of carbonyl (C=O) groups excluding carboxylic acids is 2. The van der Waals surface area contributed by atoms with E-state index in [1.54, 1.807) is 0 Å². The number of ether oxygens (including phenoxy) is 2. The van der Waals surface area contributed by atoms with Gasteiger partial charge in [-0.05, 0) is 70.6 Å². The number of unbranched alkanes of at least 4 members (excludes halogenated alkanes) is 11. The number of hydrogen-bond donors (Lipinski definition) is 4. The number of allylic oxidation sites excluding steroid dienone is 11. The Kier molecular flexibility index (Phi) is 37.4. The van der Waals surface area contributed by atoms with Crippen LogP contribution in [0.2, 0.25) is 0 Å². The van der Waals surface area contributed by atoms with Crippen molar-refractivity contribution in [2.75, 3.05) is 26.4 Å². The summed E-state index contributed by atoms with van der Waals surface area (Å²) in [5, 5.41) is 28.2. The molecule has 0 amide bonds. The van der Waals surface area contributed by atoms with Crippen molar-refractivity contribution in [1.29, 1.82) is 0 Å². The van der Waals surface area contributed by atoms with E-state index >= 15 is 0 Å². The van der Waals surface area contributed by atoms with Gasteiger partial charge >= 0.3 is 19.8 Å². The second-order valence-electron chi connectivity index (χ2n) is 13.9. The molecule has 4 atom stereocenters. The molecule has 0 rings (SSSR count). The van der Waals surface area contributed by atoms with Gasteiger partial charge in [0, 0.05) is 12.8 Å². The first-order chi connectivity index (χ1) is 27.1. The van der Waals surface area contributed by atoms with E-state index in [2.05, 4.69) is 54.8 Å². The quantitative estimate of drug-likeness (QED) is 0.0154. The maximum Gasteiger partial charge on any atom is 0.472 e. The van der Waals surface area contributed by atoms with Gasteiger partial charge in [0.05, 0.1) is 25.9 Å². The molecule has 0 aliphatic rings. The fraction of sp³-hybridized carbons (Fsp3) is 0.682. The van der Waals surface area contributed by atoms with Gasteiger partial charge in [-0.15, -0.1) is 0 Å². The topological polar surface area (TPSA) is 169 Å². The lowest BCUT2D eigenvalue weighted by atomic mass is 10.1. The van der Waals surface area contributed by atoms with Crippen molar-refractivity contribution < 1.29 is 52.9 Å². The number of aliphatic hydroxyl groups is 3. The average Bonchev–Trinajstić information content (AvgIpc) is 3.18. The highest BCUT2D eigenvalue weighted by atomic mass is 31.2. The first-order valence-electron chi connectivity index (χ1n) is 21.0. The molecule has 322 valence electrons. The van der Waals surface area contributed by atoms with Crippen LogP contribution in [0.3, 0.4) is 0 Å². The van der Waals surface area contributed by atoms with E-state index in [-0.39, 0.29) is 25.6 Å². The Bertz CT molecular complexity index is 1180. The number of aliphatic hydroxyl groups excluding tert-OH is 3. The van der Waals surface area contributed by atoms with E-state index in [1.165, 1.54) is 19.3 Å². The highest BCUT2D eigenvalue weighted by molar-refractivity contribution is 7.47. The standard InChI is InChI=1S/C44H75O11P/c1-3-5-7-8-9-10-11-12-13-14-17-21-24-27-31-35-44(49)55-42(39-54-56(50,51)53-37-41(47)36-45)38-52-43(48)34-30-26-23-20-18-15-16-19-22-25-29-33-40(46)32-28-6-4-2/h9-10,12-13,15-16,20,22-23,25,29,33,40-42,45-47H,3-8,11,14,17-19,21,24,26-28,30-32,34-39H2,1-2H3,(H,50,51)/b10-9-,13-12-,16-15-,23-20-,25-22-,33-29+/t40-,41+,42-/m1/s1. The van der Waals surface area contributed by atoms with Crippen LogP contribution in [-0.2, 0) is 32.7 Å². The van der Waals surface area contributed by atoms with Crippen LogP contribution < -0.4 is 0 Å². The van der Waals surface area contributed by atoms with E-state index in [9.17, 15) is 29.3 Å². The van der Waals surface area contributed by atoms with Crippen molar-refractivity contribution >= 4 is 19.8 Å². The first-order valence-corrected chi connectivity index (χ1v) is 22.5. The predicted molar refractivity (Wildman–Crippen MR) is 225 cm³/mol. The normalized spacial score (nSPS) is 15.2. The van der Waals surface area contributed by atoms with Crippen LogP contribution in [0.25, 0.3) is 0 Å². The van der Waals surface area contributed by atoms with Gasteiger partial charge in [0.25, 0.3) is 0 Å². The summed E-state index contributed by atoms with van der Waals surface area (Å²) in [4.78, 5) is 34.9. The van der Waals surface area contributed by atoms with Crippen molar-refractivity contribution in [2.24, 2.45) is 0 Å². The Balaban J connectivity index is 4.49. The molecule has 0 aromatic carbocycles. The van der Waals surface area contributed by atoms with Gasteiger partial charge in [0.2, 0.25) is 0 Å². The zero-order valence-corrected chi connectivity index (χ0v) is 35.3. The molecule has 12 heteroatoms. The van der Waals surface area contributed by atoms with Crippen molar-refractivity contribution in [2.45, 2.75) is 167 Å². The Hall–Kier alpha value is -2.63. The predicted octanol–water partition coefficient (Wildman–Crippen LogP) is 9.86. The second-order valence-corrected chi connectivity index (χ2v) is 15.3. The van der Waals surface area contributed by atoms with E-state index in [0.717, 1.165) is 83.5 Å². The van der Waals surface area contributed by atoms with Crippen LogP contribution in [0, 0.1) is 0 Å². The summed E-state index contributed by atoms with van der Waals surface area (Å²) in [6.45, 7) is 2.11. The summed E-state index contributed by atoms with van der Waals surface area (Å²) >= 11 is 0. The second kappa shape index (κ2) is 39.2. The third-order valence-electron chi connectivity index (χ3n) is 8.44. The number of phosphoric acid groups is 1. The highest BCUT2D eigenvalue weighted by Gasteiger charge is 2.27. The van der Waals surface area contributed by atoms with E-state index in [0.29, 0.717) is 19.3 Å². The van der Waals surface area contributed by atoms with Gasteiger partial charge < -0.3 is 29.7 Å². The Morgan fingerprint density at radius 1 is 0.607 bits per heavy atom. The maximum absolute atomic E-state index is 12.6. The molecular formula is C44H75O11P. The molecule has 0 aliphatic carbocycles. The Morgan fingerprint density at radius 2 is 1.14 bits per heavy atom. The van der Waals surface area contributed by atoms with Crippen molar-refractivity contribution in [3.63, 3.8) is 0 Å². The molecule has 0 saturated heterocycles. The molecule has 11 nitrogen and oxygen atoms in total. The number of phosphoric ester groups is 1. The smallest absolute Gasteiger partial charge is 0.462 e. The van der Waals surface area contributed by atoms with Gasteiger partial charge in [-0.2, -0.15) is 0 Å². The molecule has 0 radical (unpaired) electrons. The lowest BCUT2D eigenvalue weighted by Crippen LogP contribution is -2.29. The van der Waals surface area contributed by atoms with Crippen molar-refractivity contribution in [3.8, 4) is 0 Å². The van der Waals surface area contributed by atoms with Crippen LogP contribution in [0.5, 0.6) is 0 Å². The number of esters is 2. The van der Waals surface area contributed by atoms with E-state index in [1.807, 2.05) is 36.5 Å². The minimum atomic E-state index is -4.65. The van der Waals surface area contributed by atoms with Gasteiger partial charge in [0.15, 0.2) is 6.10 Å². The van der Waals surface area contributed by atoms with E-state index in [4.69, 9.17) is 19.1 Å². The van der Waals surface area contributed by atoms with Crippen molar-refractivity contribution in [3.05, 3.63) is 72.9 Å². The third-order valence-corrected chi connectivity index (χ3v) is 9.39. The van der Waals surface area contributed by atoms with Gasteiger partial charge in [-0.3, -0.25) is 18.6 Å². The number of rotatable bonds is 38. The summed E-state index contributed by atoms with van der Waals surface area (Å²) in [6.07, 6.45) is 40.5. The van der Waals surface area contributed by atoms with Crippen LogP contribution >= 0.6 is 7.82 Å². The third kappa shape index (κ3) is 38.3. The molecule has 0 fully saturated rings. The summed E-state index contributed by atoms with van der Waals surface area (Å²) < 4.78 is 32.6. The first kappa shape index (κ1) is 53.4. The maximum atomic E-state index is 12.6. The van der Waals surface area contributed by atoms with Gasteiger partial charge in [-0.25, -0.2) is 4.57 Å². The zero-order chi connectivity index (χ0) is 41.4. The largest absolute Gasteiger partial charge is 0.472 e. The number of hydrogen-bond acceptors (Lipinski definition) is 10. The van der Waals surface area contributed by atoms with Crippen LogP contribution in [0.15, 0.2) is 72.9 Å². The molecule has 1 unspecified atom stereocenters. The van der Waals surface area contributed by atoms with Crippen LogP contribution in [0.4, 0.5) is 0 Å². The molecule has 0 spiro atoms. The molecule has 56 heavy (non-hydrogen) atoms. The average molecular weight is 811 g/mol.